The lowest BCUT2D eigenvalue weighted by atomic mass is 10.1. The lowest BCUT2D eigenvalue weighted by Crippen LogP contribution is -2.06. The lowest BCUT2D eigenvalue weighted by molar-refractivity contribution is 0.627. The van der Waals surface area contributed by atoms with E-state index in [-0.39, 0.29) is 0 Å². The second-order valence-corrected chi connectivity index (χ2v) is 9.10. The smallest absolute Gasteiger partial charge is 0.167 e. The summed E-state index contributed by atoms with van der Waals surface area (Å²) < 4.78 is 3.34. The van der Waals surface area contributed by atoms with Crippen LogP contribution in [0.4, 0.5) is 0 Å². The van der Waals surface area contributed by atoms with Crippen molar-refractivity contribution in [3.05, 3.63) is 86.7 Å². The average molecular weight is 477 g/mol. The summed E-state index contributed by atoms with van der Waals surface area (Å²) in [6, 6.07) is 18.6. The highest BCUT2D eigenvalue weighted by Crippen LogP contribution is 2.33. The van der Waals surface area contributed by atoms with Gasteiger partial charge in [-0.25, -0.2) is 4.98 Å². The van der Waals surface area contributed by atoms with Crippen molar-refractivity contribution < 1.29 is 0 Å². The van der Waals surface area contributed by atoms with E-state index in [1.165, 1.54) is 12.8 Å². The Bertz CT molecular complexity index is 1190. The topological polar surface area (TPSA) is 43.6 Å². The molecule has 1 aliphatic rings. The summed E-state index contributed by atoms with van der Waals surface area (Å²) in [4.78, 5) is 4.99. The van der Waals surface area contributed by atoms with Crippen LogP contribution in [0.1, 0.15) is 41.5 Å². The van der Waals surface area contributed by atoms with Gasteiger partial charge in [-0.1, -0.05) is 70.9 Å². The number of hydrogen-bond acceptors (Lipinski definition) is 4. The Morgan fingerprint density at radius 2 is 1.80 bits per heavy atom. The van der Waals surface area contributed by atoms with E-state index in [1.807, 2.05) is 24.3 Å². The minimum atomic E-state index is 0.914. The van der Waals surface area contributed by atoms with E-state index in [0.29, 0.717) is 0 Å². The van der Waals surface area contributed by atoms with Crippen molar-refractivity contribution in [3.8, 4) is 11.3 Å². The van der Waals surface area contributed by atoms with Crippen LogP contribution in [0, 0.1) is 0 Å². The zero-order valence-corrected chi connectivity index (χ0v) is 18.9. The lowest BCUT2D eigenvalue weighted by Gasteiger charge is -2.09. The fourth-order valence-corrected chi connectivity index (χ4v) is 5.03. The molecule has 0 unspecified atom stereocenters. The molecule has 2 aromatic carbocycles. The van der Waals surface area contributed by atoms with E-state index in [0.717, 1.165) is 62.9 Å². The van der Waals surface area contributed by atoms with E-state index in [9.17, 15) is 0 Å². The highest BCUT2D eigenvalue weighted by molar-refractivity contribution is 9.10. The van der Waals surface area contributed by atoms with Crippen molar-refractivity contribution in [1.29, 1.82) is 0 Å². The largest absolute Gasteiger partial charge is 0.311 e. The van der Waals surface area contributed by atoms with Gasteiger partial charge in [0, 0.05) is 28.4 Å². The van der Waals surface area contributed by atoms with Gasteiger partial charge in [0.05, 0.1) is 11.3 Å². The zero-order valence-electron chi connectivity index (χ0n) is 16.5. The van der Waals surface area contributed by atoms with Gasteiger partial charge in [-0.05, 0) is 30.5 Å². The summed E-state index contributed by atoms with van der Waals surface area (Å²) in [5.41, 5.74) is 4.24. The first-order valence-corrected chi connectivity index (χ1v) is 11.9. The van der Waals surface area contributed by atoms with E-state index in [1.54, 1.807) is 11.3 Å². The number of aryl methyl sites for hydroxylation is 1. The van der Waals surface area contributed by atoms with Gasteiger partial charge in [0.15, 0.2) is 5.82 Å². The molecular weight excluding hydrogens is 456 g/mol. The fourth-order valence-electron chi connectivity index (χ4n) is 3.79. The summed E-state index contributed by atoms with van der Waals surface area (Å²) in [6.07, 6.45) is 6.74. The highest BCUT2D eigenvalue weighted by Gasteiger charge is 2.21. The molecule has 4 nitrogen and oxygen atoms in total. The molecule has 0 amide bonds. The van der Waals surface area contributed by atoms with Crippen molar-refractivity contribution >= 4 is 38.9 Å². The van der Waals surface area contributed by atoms with Crippen LogP contribution in [0.2, 0.25) is 0 Å². The Balaban J connectivity index is 1.64. The van der Waals surface area contributed by atoms with Crippen LogP contribution in [-0.2, 0) is 13.0 Å². The molecule has 0 bridgehead atoms. The molecule has 0 saturated heterocycles. The predicted molar refractivity (Wildman–Crippen MR) is 126 cm³/mol. The van der Waals surface area contributed by atoms with Gasteiger partial charge in [-0.2, -0.15) is 0 Å². The first kappa shape index (κ1) is 19.4. The van der Waals surface area contributed by atoms with Crippen LogP contribution in [0.15, 0.2) is 64.5 Å². The summed E-state index contributed by atoms with van der Waals surface area (Å²) in [6.45, 7) is 0.960. The summed E-state index contributed by atoms with van der Waals surface area (Å²) in [5, 5.41) is 12.2. The highest BCUT2D eigenvalue weighted by atomic mass is 79.9. The number of aromatic nitrogens is 4. The van der Waals surface area contributed by atoms with Gasteiger partial charge in [0.25, 0.3) is 0 Å². The third-order valence-corrected chi connectivity index (χ3v) is 6.96. The Hall–Kier alpha value is -2.57. The number of fused-ring (bicyclic) bond motifs is 1. The maximum Gasteiger partial charge on any atom is 0.167 e. The summed E-state index contributed by atoms with van der Waals surface area (Å²) in [5.74, 6) is 2.00. The molecule has 0 spiro atoms. The van der Waals surface area contributed by atoms with Crippen LogP contribution in [0.5, 0.6) is 0 Å². The van der Waals surface area contributed by atoms with E-state index >= 15 is 0 Å². The van der Waals surface area contributed by atoms with E-state index < -0.39 is 0 Å². The molecule has 0 fully saturated rings. The molecule has 6 heteroatoms. The predicted octanol–water partition coefficient (Wildman–Crippen LogP) is 6.48. The average Bonchev–Trinajstić information content (AvgIpc) is 3.36. The first-order chi connectivity index (χ1) is 14.8. The molecule has 150 valence electrons. The van der Waals surface area contributed by atoms with Gasteiger partial charge in [-0.3, -0.25) is 0 Å². The minimum Gasteiger partial charge on any atom is -0.311 e. The Labute approximate surface area is 188 Å². The van der Waals surface area contributed by atoms with Crippen molar-refractivity contribution in [2.45, 2.75) is 32.2 Å². The summed E-state index contributed by atoms with van der Waals surface area (Å²) >= 11 is 5.34. The molecule has 0 saturated carbocycles. The Kier molecular flexibility index (Phi) is 5.60. The quantitative estimate of drug-likeness (QED) is 0.338. The molecule has 2 aromatic heterocycles. The molecule has 3 heterocycles. The monoisotopic (exact) mass is 476 g/mol. The molecule has 4 aromatic rings. The maximum atomic E-state index is 4.99. The minimum absolute atomic E-state index is 0.914. The molecule has 0 radical (unpaired) electrons. The third-order valence-electron chi connectivity index (χ3n) is 5.36. The second kappa shape index (κ2) is 8.66. The van der Waals surface area contributed by atoms with Crippen molar-refractivity contribution in [2.75, 3.05) is 0 Å². The number of nitrogens with zero attached hydrogens (tertiary/aromatic N) is 4. The van der Waals surface area contributed by atoms with Gasteiger partial charge in [0.2, 0.25) is 0 Å². The SMILES string of the molecule is Brc1ccccc1/C=C(/c1nc(-c2ccccc2)cs1)c1nnc2n1CCCCC2. The summed E-state index contributed by atoms with van der Waals surface area (Å²) in [7, 11) is 0. The molecule has 1 aliphatic heterocycles. The van der Waals surface area contributed by atoms with Gasteiger partial charge < -0.3 is 4.57 Å². The Morgan fingerprint density at radius 1 is 0.967 bits per heavy atom. The maximum absolute atomic E-state index is 4.99. The van der Waals surface area contributed by atoms with Gasteiger partial charge in [0.1, 0.15) is 10.8 Å². The number of hydrogen-bond donors (Lipinski definition) is 0. The second-order valence-electron chi connectivity index (χ2n) is 7.39. The van der Waals surface area contributed by atoms with Crippen LogP contribution in [0.25, 0.3) is 22.9 Å². The fraction of sp³-hybridized carbons (Fsp3) is 0.208. The Morgan fingerprint density at radius 3 is 2.67 bits per heavy atom. The molecular formula is C24H21BrN4S. The standard InChI is InChI=1S/C24H21BrN4S/c25-20-12-7-6-11-18(20)15-19(23-28-27-22-13-5-2-8-14-29(22)23)24-26-21(16-30-24)17-9-3-1-4-10-17/h1,3-4,6-7,9-12,15-16H,2,5,8,13-14H2/b19-15+. The van der Waals surface area contributed by atoms with Crippen molar-refractivity contribution in [2.24, 2.45) is 0 Å². The van der Waals surface area contributed by atoms with E-state index in [4.69, 9.17) is 4.98 Å². The molecule has 0 atom stereocenters. The van der Waals surface area contributed by atoms with Crippen LogP contribution >= 0.6 is 27.3 Å². The normalized spacial score (nSPS) is 14.4. The number of thiazole rings is 1. The number of benzene rings is 2. The van der Waals surface area contributed by atoms with Crippen LogP contribution in [0.3, 0.4) is 0 Å². The molecule has 0 N–H and O–H groups in total. The van der Waals surface area contributed by atoms with Gasteiger partial charge >= 0.3 is 0 Å². The van der Waals surface area contributed by atoms with Crippen LogP contribution in [-0.4, -0.2) is 19.7 Å². The zero-order chi connectivity index (χ0) is 20.3. The van der Waals surface area contributed by atoms with Crippen LogP contribution < -0.4 is 0 Å². The number of rotatable bonds is 4. The third kappa shape index (κ3) is 3.89. The molecule has 5 rings (SSSR count). The number of halogens is 1. The molecule has 30 heavy (non-hydrogen) atoms. The van der Waals surface area contributed by atoms with Gasteiger partial charge in [-0.15, -0.1) is 21.5 Å². The van der Waals surface area contributed by atoms with E-state index in [2.05, 4.69) is 72.5 Å². The molecule has 0 aliphatic carbocycles. The first-order valence-electron chi connectivity index (χ1n) is 10.2. The van der Waals surface area contributed by atoms with Crippen molar-refractivity contribution in [3.63, 3.8) is 0 Å². The van der Waals surface area contributed by atoms with Crippen molar-refractivity contribution in [1.82, 2.24) is 19.7 Å².